The molecule has 0 heterocycles. The number of halogens is 2. The summed E-state index contributed by atoms with van der Waals surface area (Å²) in [6, 6.07) is 15.0. The predicted octanol–water partition coefficient (Wildman–Crippen LogP) is 4.38. The second-order valence-corrected chi connectivity index (χ2v) is 5.63. The zero-order chi connectivity index (χ0) is 14.5. The summed E-state index contributed by atoms with van der Waals surface area (Å²) in [5.74, 6) is 0. The predicted molar refractivity (Wildman–Crippen MR) is 84.3 cm³/mol. The van der Waals surface area contributed by atoms with Crippen molar-refractivity contribution in [3.63, 3.8) is 0 Å². The van der Waals surface area contributed by atoms with Gasteiger partial charge >= 0.3 is 0 Å². The average molecular weight is 310 g/mol. The summed E-state index contributed by atoms with van der Waals surface area (Å²) in [6.07, 6.45) is -0.561. The number of hydrogen-bond acceptors (Lipinski definition) is 2. The fourth-order valence-electron chi connectivity index (χ4n) is 1.98. The molecule has 4 heteroatoms. The highest BCUT2D eigenvalue weighted by Gasteiger charge is 2.10. The molecule has 20 heavy (non-hydrogen) atoms. The minimum atomic E-state index is -0.561. The van der Waals surface area contributed by atoms with Gasteiger partial charge in [-0.2, -0.15) is 0 Å². The summed E-state index contributed by atoms with van der Waals surface area (Å²) in [6.45, 7) is 2.51. The molecule has 2 unspecified atom stereocenters. The third kappa shape index (κ3) is 4.22. The molecule has 106 valence electrons. The third-order valence-electron chi connectivity index (χ3n) is 3.22. The summed E-state index contributed by atoms with van der Waals surface area (Å²) in [5, 5.41) is 14.8. The molecule has 2 aromatic carbocycles. The Bertz CT molecular complexity index is 557. The van der Waals surface area contributed by atoms with Crippen LogP contribution in [0.3, 0.4) is 0 Å². The minimum Gasteiger partial charge on any atom is -0.387 e. The van der Waals surface area contributed by atoms with Crippen molar-refractivity contribution >= 4 is 23.2 Å². The number of benzene rings is 2. The molecular formula is C16H17Cl2NO. The van der Waals surface area contributed by atoms with E-state index in [1.807, 2.05) is 43.3 Å². The molecule has 2 atom stereocenters. The third-order valence-corrected chi connectivity index (χ3v) is 3.71. The maximum Gasteiger partial charge on any atom is 0.0914 e. The van der Waals surface area contributed by atoms with Crippen LogP contribution in [0.15, 0.2) is 48.5 Å². The zero-order valence-corrected chi connectivity index (χ0v) is 12.7. The van der Waals surface area contributed by atoms with Crippen LogP contribution in [0.4, 0.5) is 0 Å². The van der Waals surface area contributed by atoms with E-state index in [1.54, 1.807) is 12.1 Å². The van der Waals surface area contributed by atoms with Gasteiger partial charge in [0.05, 0.1) is 6.10 Å². The largest absolute Gasteiger partial charge is 0.387 e. The van der Waals surface area contributed by atoms with Gasteiger partial charge in [-0.05, 0) is 42.3 Å². The highest BCUT2D eigenvalue weighted by Crippen LogP contribution is 2.19. The van der Waals surface area contributed by atoms with E-state index < -0.39 is 6.10 Å². The van der Waals surface area contributed by atoms with Gasteiger partial charge in [-0.3, -0.25) is 0 Å². The highest BCUT2D eigenvalue weighted by atomic mass is 35.5. The number of rotatable bonds is 5. The van der Waals surface area contributed by atoms with Crippen molar-refractivity contribution in [1.29, 1.82) is 0 Å². The van der Waals surface area contributed by atoms with Crippen molar-refractivity contribution in [2.75, 3.05) is 6.54 Å². The maximum atomic E-state index is 10.1. The first-order valence-electron chi connectivity index (χ1n) is 6.48. The number of aliphatic hydroxyl groups excluding tert-OH is 1. The maximum absolute atomic E-state index is 10.1. The molecule has 0 bridgehead atoms. The normalized spacial score (nSPS) is 14.0. The van der Waals surface area contributed by atoms with Gasteiger partial charge in [0.15, 0.2) is 0 Å². The number of nitrogens with one attached hydrogen (secondary N) is 1. The van der Waals surface area contributed by atoms with Crippen LogP contribution in [0.5, 0.6) is 0 Å². The molecule has 0 fully saturated rings. The first-order valence-corrected chi connectivity index (χ1v) is 7.24. The molecule has 0 saturated carbocycles. The first kappa shape index (κ1) is 15.3. The molecular weight excluding hydrogens is 293 g/mol. The van der Waals surface area contributed by atoms with E-state index >= 15 is 0 Å². The molecule has 2 rings (SSSR count). The quantitative estimate of drug-likeness (QED) is 0.859. The summed E-state index contributed by atoms with van der Waals surface area (Å²) >= 11 is 11.8. The van der Waals surface area contributed by atoms with Crippen molar-refractivity contribution in [2.24, 2.45) is 0 Å². The van der Waals surface area contributed by atoms with E-state index in [1.165, 1.54) is 0 Å². The van der Waals surface area contributed by atoms with Crippen LogP contribution >= 0.6 is 23.2 Å². The van der Waals surface area contributed by atoms with Gasteiger partial charge in [0, 0.05) is 22.6 Å². The van der Waals surface area contributed by atoms with Crippen molar-refractivity contribution in [3.05, 3.63) is 69.7 Å². The van der Waals surface area contributed by atoms with E-state index in [2.05, 4.69) is 5.32 Å². The standard InChI is InChI=1S/C16H17Cl2NO/c1-11(13-3-2-4-15(18)9-13)19-10-16(20)12-5-7-14(17)8-6-12/h2-9,11,16,19-20H,10H2,1H3. The summed E-state index contributed by atoms with van der Waals surface area (Å²) in [4.78, 5) is 0. The summed E-state index contributed by atoms with van der Waals surface area (Å²) in [7, 11) is 0. The second-order valence-electron chi connectivity index (χ2n) is 4.75. The van der Waals surface area contributed by atoms with Crippen molar-refractivity contribution in [2.45, 2.75) is 19.1 Å². The average Bonchev–Trinajstić information content (AvgIpc) is 2.45. The van der Waals surface area contributed by atoms with Crippen molar-refractivity contribution in [1.82, 2.24) is 5.32 Å². The summed E-state index contributed by atoms with van der Waals surface area (Å²) < 4.78 is 0. The fourth-order valence-corrected chi connectivity index (χ4v) is 2.31. The Labute approximate surface area is 129 Å². The van der Waals surface area contributed by atoms with Gasteiger partial charge in [-0.1, -0.05) is 47.5 Å². The van der Waals surface area contributed by atoms with Gasteiger partial charge in [0.1, 0.15) is 0 Å². The van der Waals surface area contributed by atoms with E-state index in [9.17, 15) is 5.11 Å². The molecule has 0 spiro atoms. The SMILES string of the molecule is CC(NCC(O)c1ccc(Cl)cc1)c1cccc(Cl)c1. The number of hydrogen-bond donors (Lipinski definition) is 2. The van der Waals surface area contributed by atoms with E-state index in [0.29, 0.717) is 11.6 Å². The Morgan fingerprint density at radius 3 is 2.35 bits per heavy atom. The molecule has 0 aliphatic heterocycles. The van der Waals surface area contributed by atoms with Crippen LogP contribution in [0.25, 0.3) is 0 Å². The monoisotopic (exact) mass is 309 g/mol. The van der Waals surface area contributed by atoms with Gasteiger partial charge < -0.3 is 10.4 Å². The molecule has 2 aromatic rings. The van der Waals surface area contributed by atoms with Crippen molar-refractivity contribution in [3.8, 4) is 0 Å². The van der Waals surface area contributed by atoms with Crippen molar-refractivity contribution < 1.29 is 5.11 Å². The Kier molecular flexibility index (Phi) is 5.44. The van der Waals surface area contributed by atoms with Gasteiger partial charge in [0.25, 0.3) is 0 Å². The Hall–Kier alpha value is -1.06. The molecule has 0 amide bonds. The first-order chi connectivity index (χ1) is 9.56. The molecule has 0 saturated heterocycles. The molecule has 0 radical (unpaired) electrons. The van der Waals surface area contributed by atoms with Gasteiger partial charge in [-0.15, -0.1) is 0 Å². The van der Waals surface area contributed by atoms with Crippen LogP contribution < -0.4 is 5.32 Å². The highest BCUT2D eigenvalue weighted by molar-refractivity contribution is 6.30. The molecule has 2 nitrogen and oxygen atoms in total. The van der Waals surface area contributed by atoms with Crippen LogP contribution in [0, 0.1) is 0 Å². The molecule has 0 aliphatic rings. The lowest BCUT2D eigenvalue weighted by Gasteiger charge is -2.18. The van der Waals surface area contributed by atoms with E-state index in [0.717, 1.165) is 16.1 Å². The zero-order valence-electron chi connectivity index (χ0n) is 11.2. The summed E-state index contributed by atoms with van der Waals surface area (Å²) in [5.41, 5.74) is 1.95. The fraction of sp³-hybridized carbons (Fsp3) is 0.250. The Morgan fingerprint density at radius 2 is 1.70 bits per heavy atom. The Balaban J connectivity index is 1.93. The molecule has 2 N–H and O–H groups in total. The lowest BCUT2D eigenvalue weighted by atomic mass is 10.1. The van der Waals surface area contributed by atoms with Crippen LogP contribution in [0.1, 0.15) is 30.2 Å². The van der Waals surface area contributed by atoms with Crippen LogP contribution in [-0.4, -0.2) is 11.7 Å². The van der Waals surface area contributed by atoms with Crippen LogP contribution in [-0.2, 0) is 0 Å². The van der Waals surface area contributed by atoms with Gasteiger partial charge in [-0.25, -0.2) is 0 Å². The smallest absolute Gasteiger partial charge is 0.0914 e. The van der Waals surface area contributed by atoms with Crippen LogP contribution in [0.2, 0.25) is 10.0 Å². The van der Waals surface area contributed by atoms with Gasteiger partial charge in [0.2, 0.25) is 0 Å². The lowest BCUT2D eigenvalue weighted by Crippen LogP contribution is -2.24. The minimum absolute atomic E-state index is 0.121. The number of aliphatic hydroxyl groups is 1. The molecule has 0 aromatic heterocycles. The Morgan fingerprint density at radius 1 is 1.00 bits per heavy atom. The van der Waals surface area contributed by atoms with E-state index in [-0.39, 0.29) is 6.04 Å². The topological polar surface area (TPSA) is 32.3 Å². The lowest BCUT2D eigenvalue weighted by molar-refractivity contribution is 0.171. The van der Waals surface area contributed by atoms with E-state index in [4.69, 9.17) is 23.2 Å². The second kappa shape index (κ2) is 7.09. The molecule has 0 aliphatic carbocycles.